The highest BCUT2D eigenvalue weighted by Crippen LogP contribution is 2.33. The second-order valence-electron chi connectivity index (χ2n) is 4.40. The van der Waals surface area contributed by atoms with Gasteiger partial charge in [-0.1, -0.05) is 24.3 Å². The summed E-state index contributed by atoms with van der Waals surface area (Å²) < 4.78 is 11.3. The van der Waals surface area contributed by atoms with Gasteiger partial charge in [0.15, 0.2) is 11.5 Å². The Hall–Kier alpha value is -2.00. The number of para-hydroxylation sites is 1. The van der Waals surface area contributed by atoms with Crippen LogP contribution in [0, 0.1) is 6.92 Å². The van der Waals surface area contributed by atoms with Crippen LogP contribution in [0.25, 0.3) is 0 Å². The summed E-state index contributed by atoms with van der Waals surface area (Å²) in [5, 5.41) is 0. The number of benzene rings is 2. The number of methoxy groups -OCH3 is 1. The molecule has 2 aromatic rings. The van der Waals surface area contributed by atoms with Crippen molar-refractivity contribution in [2.45, 2.75) is 13.3 Å². The highest BCUT2D eigenvalue weighted by Gasteiger charge is 2.08. The summed E-state index contributed by atoms with van der Waals surface area (Å²) in [5.41, 5.74) is 7.86. The van der Waals surface area contributed by atoms with Gasteiger partial charge in [-0.15, -0.1) is 0 Å². The quantitative estimate of drug-likeness (QED) is 0.893. The van der Waals surface area contributed by atoms with Gasteiger partial charge in [-0.2, -0.15) is 0 Å². The van der Waals surface area contributed by atoms with Gasteiger partial charge in [-0.3, -0.25) is 0 Å². The van der Waals surface area contributed by atoms with Gasteiger partial charge in [0.25, 0.3) is 0 Å². The van der Waals surface area contributed by atoms with Crippen LogP contribution < -0.4 is 15.2 Å². The van der Waals surface area contributed by atoms with E-state index in [0.717, 1.165) is 34.8 Å². The van der Waals surface area contributed by atoms with Crippen molar-refractivity contribution < 1.29 is 9.47 Å². The summed E-state index contributed by atoms with van der Waals surface area (Å²) >= 11 is 0. The van der Waals surface area contributed by atoms with E-state index < -0.39 is 0 Å². The first-order chi connectivity index (χ1) is 9.24. The first-order valence-corrected chi connectivity index (χ1v) is 6.35. The zero-order chi connectivity index (χ0) is 13.7. The third-order valence-electron chi connectivity index (χ3n) is 2.93. The Morgan fingerprint density at radius 2 is 1.79 bits per heavy atom. The molecule has 0 heterocycles. The molecule has 0 aliphatic carbocycles. The third-order valence-corrected chi connectivity index (χ3v) is 2.93. The average molecular weight is 257 g/mol. The zero-order valence-electron chi connectivity index (χ0n) is 11.3. The van der Waals surface area contributed by atoms with Gasteiger partial charge in [0.05, 0.1) is 7.11 Å². The number of rotatable bonds is 5. The van der Waals surface area contributed by atoms with Crippen LogP contribution in [0.3, 0.4) is 0 Å². The molecule has 0 bridgehead atoms. The molecule has 2 aromatic carbocycles. The summed E-state index contributed by atoms with van der Waals surface area (Å²) in [6, 6.07) is 13.8. The Kier molecular flexibility index (Phi) is 4.42. The van der Waals surface area contributed by atoms with E-state index in [1.807, 2.05) is 49.4 Å². The highest BCUT2D eigenvalue weighted by molar-refractivity contribution is 5.46. The molecule has 100 valence electrons. The molecule has 0 spiro atoms. The van der Waals surface area contributed by atoms with E-state index in [1.165, 1.54) is 0 Å². The molecule has 19 heavy (non-hydrogen) atoms. The van der Waals surface area contributed by atoms with Crippen molar-refractivity contribution in [3.8, 4) is 17.2 Å². The number of aryl methyl sites for hydroxylation is 1. The number of hydrogen-bond donors (Lipinski definition) is 1. The van der Waals surface area contributed by atoms with Gasteiger partial charge in [0.2, 0.25) is 0 Å². The number of ether oxygens (including phenoxy) is 2. The monoisotopic (exact) mass is 257 g/mol. The van der Waals surface area contributed by atoms with Gasteiger partial charge < -0.3 is 15.2 Å². The molecule has 0 saturated carbocycles. The van der Waals surface area contributed by atoms with Gasteiger partial charge in [-0.25, -0.2) is 0 Å². The molecule has 2 rings (SSSR count). The van der Waals surface area contributed by atoms with Crippen molar-refractivity contribution in [3.05, 3.63) is 53.6 Å². The largest absolute Gasteiger partial charge is 0.493 e. The lowest BCUT2D eigenvalue weighted by Crippen LogP contribution is -2.04. The Bertz CT molecular complexity index is 552. The molecule has 0 fully saturated rings. The van der Waals surface area contributed by atoms with Gasteiger partial charge >= 0.3 is 0 Å². The Labute approximate surface area is 114 Å². The third kappa shape index (κ3) is 3.26. The predicted molar refractivity (Wildman–Crippen MR) is 77.0 cm³/mol. The molecule has 0 radical (unpaired) electrons. The van der Waals surface area contributed by atoms with Crippen LogP contribution in [-0.2, 0) is 6.42 Å². The van der Waals surface area contributed by atoms with Crippen LogP contribution in [0.2, 0.25) is 0 Å². The SMILES string of the molecule is COc1cc(C)ccc1Oc1ccccc1CCN. The molecule has 3 heteroatoms. The average Bonchev–Trinajstić information content (AvgIpc) is 2.43. The highest BCUT2D eigenvalue weighted by atomic mass is 16.5. The molecule has 0 saturated heterocycles. The van der Waals surface area contributed by atoms with Crippen molar-refractivity contribution in [3.63, 3.8) is 0 Å². The van der Waals surface area contributed by atoms with E-state index in [2.05, 4.69) is 0 Å². The van der Waals surface area contributed by atoms with E-state index in [9.17, 15) is 0 Å². The Morgan fingerprint density at radius 3 is 2.53 bits per heavy atom. The minimum absolute atomic E-state index is 0.603. The van der Waals surface area contributed by atoms with Gasteiger partial charge in [0.1, 0.15) is 5.75 Å². The summed E-state index contributed by atoms with van der Waals surface area (Å²) in [5.74, 6) is 2.29. The van der Waals surface area contributed by atoms with E-state index in [4.69, 9.17) is 15.2 Å². The van der Waals surface area contributed by atoms with Crippen molar-refractivity contribution in [1.29, 1.82) is 0 Å². The number of nitrogens with two attached hydrogens (primary N) is 1. The predicted octanol–water partition coefficient (Wildman–Crippen LogP) is 3.30. The molecule has 0 aromatic heterocycles. The lowest BCUT2D eigenvalue weighted by Gasteiger charge is -2.13. The van der Waals surface area contributed by atoms with E-state index >= 15 is 0 Å². The zero-order valence-corrected chi connectivity index (χ0v) is 11.3. The summed E-state index contributed by atoms with van der Waals surface area (Å²) in [4.78, 5) is 0. The first-order valence-electron chi connectivity index (χ1n) is 6.35. The topological polar surface area (TPSA) is 44.5 Å². The normalized spacial score (nSPS) is 10.3. The minimum atomic E-state index is 0.603. The first kappa shape index (κ1) is 13.4. The van der Waals surface area contributed by atoms with Gasteiger partial charge in [-0.05, 0) is 49.2 Å². The Morgan fingerprint density at radius 1 is 1.00 bits per heavy atom. The molecule has 0 aliphatic rings. The Balaban J connectivity index is 2.30. The van der Waals surface area contributed by atoms with Crippen molar-refractivity contribution >= 4 is 0 Å². The van der Waals surface area contributed by atoms with E-state index in [-0.39, 0.29) is 0 Å². The van der Waals surface area contributed by atoms with E-state index in [0.29, 0.717) is 6.54 Å². The van der Waals surface area contributed by atoms with Crippen LogP contribution in [0.15, 0.2) is 42.5 Å². The molecular weight excluding hydrogens is 238 g/mol. The fraction of sp³-hybridized carbons (Fsp3) is 0.250. The molecule has 0 unspecified atom stereocenters. The van der Waals surface area contributed by atoms with Crippen molar-refractivity contribution in [2.24, 2.45) is 5.73 Å². The van der Waals surface area contributed by atoms with Crippen molar-refractivity contribution in [1.82, 2.24) is 0 Å². The molecule has 0 amide bonds. The van der Waals surface area contributed by atoms with E-state index in [1.54, 1.807) is 7.11 Å². The second kappa shape index (κ2) is 6.25. The molecule has 0 aliphatic heterocycles. The molecular formula is C16H19NO2. The van der Waals surface area contributed by atoms with Crippen LogP contribution in [0.4, 0.5) is 0 Å². The van der Waals surface area contributed by atoms with Crippen LogP contribution in [-0.4, -0.2) is 13.7 Å². The standard InChI is InChI=1S/C16H19NO2/c1-12-7-8-15(16(11-12)18-2)19-14-6-4-3-5-13(14)9-10-17/h3-8,11H,9-10,17H2,1-2H3. The van der Waals surface area contributed by atoms with Crippen LogP contribution in [0.1, 0.15) is 11.1 Å². The van der Waals surface area contributed by atoms with Crippen LogP contribution in [0.5, 0.6) is 17.2 Å². The summed E-state index contributed by atoms with van der Waals surface area (Å²) in [6.07, 6.45) is 0.796. The van der Waals surface area contributed by atoms with Crippen LogP contribution >= 0.6 is 0 Å². The molecule has 2 N–H and O–H groups in total. The number of hydrogen-bond acceptors (Lipinski definition) is 3. The smallest absolute Gasteiger partial charge is 0.169 e. The lowest BCUT2D eigenvalue weighted by atomic mass is 10.1. The summed E-state index contributed by atoms with van der Waals surface area (Å²) in [7, 11) is 1.65. The minimum Gasteiger partial charge on any atom is -0.493 e. The maximum absolute atomic E-state index is 5.96. The molecule has 3 nitrogen and oxygen atoms in total. The maximum Gasteiger partial charge on any atom is 0.169 e. The lowest BCUT2D eigenvalue weighted by molar-refractivity contribution is 0.377. The second-order valence-corrected chi connectivity index (χ2v) is 4.40. The molecule has 0 atom stereocenters. The fourth-order valence-electron chi connectivity index (χ4n) is 1.94. The maximum atomic E-state index is 5.96. The summed E-state index contributed by atoms with van der Waals surface area (Å²) in [6.45, 7) is 2.63. The van der Waals surface area contributed by atoms with Crippen molar-refractivity contribution in [2.75, 3.05) is 13.7 Å². The van der Waals surface area contributed by atoms with Gasteiger partial charge in [0, 0.05) is 0 Å². The fourth-order valence-corrected chi connectivity index (χ4v) is 1.94.